The minimum atomic E-state index is 0.368. The van der Waals surface area contributed by atoms with Gasteiger partial charge in [-0.15, -0.1) is 11.3 Å². The average molecular weight is 353 g/mol. The van der Waals surface area contributed by atoms with Crippen LogP contribution in [0.25, 0.3) is 0 Å². The van der Waals surface area contributed by atoms with E-state index < -0.39 is 0 Å². The van der Waals surface area contributed by atoms with Crippen LogP contribution in [-0.2, 0) is 0 Å². The van der Waals surface area contributed by atoms with Crippen LogP contribution >= 0.6 is 27.3 Å². The van der Waals surface area contributed by atoms with E-state index in [1.807, 2.05) is 6.07 Å². The first-order valence-corrected chi connectivity index (χ1v) is 9.43. The number of Topliss-reactive ketones (excluding diaryl/α,β-unsaturated/α-hetero) is 1. The van der Waals surface area contributed by atoms with Crippen molar-refractivity contribution >= 4 is 33.0 Å². The lowest BCUT2D eigenvalue weighted by Gasteiger charge is -2.56. The molecule has 4 aliphatic carbocycles. The number of hydrogen-bond acceptors (Lipinski definition) is 2. The zero-order chi connectivity index (χ0) is 13.9. The molecule has 20 heavy (non-hydrogen) atoms. The molecule has 0 N–H and O–H groups in total. The molecule has 0 saturated heterocycles. The van der Waals surface area contributed by atoms with Crippen LogP contribution in [0.3, 0.4) is 0 Å². The Hall–Kier alpha value is -0.150. The van der Waals surface area contributed by atoms with Gasteiger partial charge in [0.25, 0.3) is 0 Å². The van der Waals surface area contributed by atoms with Crippen LogP contribution in [0.2, 0.25) is 0 Å². The fourth-order valence-electron chi connectivity index (χ4n) is 5.66. The Balaban J connectivity index is 1.57. The molecule has 3 heteroatoms. The van der Waals surface area contributed by atoms with E-state index in [4.69, 9.17) is 0 Å². The highest BCUT2D eigenvalue weighted by molar-refractivity contribution is 9.11. The highest BCUT2D eigenvalue weighted by Gasteiger charge is 2.51. The molecule has 0 aliphatic heterocycles. The zero-order valence-electron chi connectivity index (χ0n) is 12.0. The van der Waals surface area contributed by atoms with Gasteiger partial charge in [0, 0.05) is 16.9 Å². The number of aryl methyl sites for hydroxylation is 1. The number of carbonyl (C=O) groups is 1. The molecule has 0 amide bonds. The highest BCUT2D eigenvalue weighted by Crippen LogP contribution is 2.61. The molecule has 0 atom stereocenters. The van der Waals surface area contributed by atoms with Gasteiger partial charge in [0.05, 0.1) is 3.79 Å². The normalized spacial score (nSPS) is 38.4. The van der Waals surface area contributed by atoms with Gasteiger partial charge in [-0.2, -0.15) is 0 Å². The first-order chi connectivity index (χ1) is 9.53. The first kappa shape index (κ1) is 13.5. The predicted octanol–water partition coefficient (Wildman–Crippen LogP) is 5.61. The van der Waals surface area contributed by atoms with Gasteiger partial charge < -0.3 is 0 Å². The molecule has 0 spiro atoms. The maximum atomic E-state index is 12.7. The summed E-state index contributed by atoms with van der Waals surface area (Å²) < 4.78 is 1.09. The summed E-state index contributed by atoms with van der Waals surface area (Å²) in [4.78, 5) is 13.9. The molecule has 4 fully saturated rings. The molecule has 1 heterocycles. The van der Waals surface area contributed by atoms with Gasteiger partial charge in [-0.05, 0) is 90.6 Å². The van der Waals surface area contributed by atoms with E-state index in [2.05, 4.69) is 22.9 Å². The first-order valence-electron chi connectivity index (χ1n) is 7.82. The van der Waals surface area contributed by atoms with Crippen LogP contribution in [-0.4, -0.2) is 5.78 Å². The van der Waals surface area contributed by atoms with E-state index in [1.165, 1.54) is 43.4 Å². The van der Waals surface area contributed by atoms with E-state index in [0.717, 1.165) is 33.5 Å². The maximum Gasteiger partial charge on any atom is 0.164 e. The van der Waals surface area contributed by atoms with Gasteiger partial charge in [0.15, 0.2) is 5.78 Å². The van der Waals surface area contributed by atoms with Gasteiger partial charge in [-0.1, -0.05) is 0 Å². The van der Waals surface area contributed by atoms with Crippen molar-refractivity contribution in [2.75, 3.05) is 0 Å². The van der Waals surface area contributed by atoms with Crippen LogP contribution < -0.4 is 0 Å². The standard InChI is InChI=1S/C17H21BrOS/c1-10-14(5-16(18)20-10)15(19)9-17-6-11-2-12(7-17)4-13(3-11)8-17/h5,11-13H,2-4,6-9H2,1H3. The topological polar surface area (TPSA) is 17.1 Å². The molecule has 0 radical (unpaired) electrons. The van der Waals surface area contributed by atoms with Crippen LogP contribution in [0.15, 0.2) is 9.85 Å². The number of rotatable bonds is 3. The second-order valence-corrected chi connectivity index (χ2v) is 10.2. The van der Waals surface area contributed by atoms with E-state index in [9.17, 15) is 4.79 Å². The molecule has 1 aromatic rings. The minimum absolute atomic E-state index is 0.368. The Morgan fingerprint density at radius 1 is 1.25 bits per heavy atom. The second kappa shape index (κ2) is 4.67. The lowest BCUT2D eigenvalue weighted by molar-refractivity contribution is -0.0524. The summed E-state index contributed by atoms with van der Waals surface area (Å²) >= 11 is 5.20. The lowest BCUT2D eigenvalue weighted by Crippen LogP contribution is -2.46. The van der Waals surface area contributed by atoms with Crippen molar-refractivity contribution in [3.05, 3.63) is 20.3 Å². The molecular weight excluding hydrogens is 332 g/mol. The van der Waals surface area contributed by atoms with Crippen molar-refractivity contribution in [2.24, 2.45) is 23.2 Å². The molecule has 4 saturated carbocycles. The number of hydrogen-bond donors (Lipinski definition) is 0. The van der Waals surface area contributed by atoms with Crippen molar-refractivity contribution in [2.45, 2.75) is 51.9 Å². The summed E-state index contributed by atoms with van der Waals surface area (Å²) in [5, 5.41) is 0. The fourth-order valence-corrected chi connectivity index (χ4v) is 7.37. The van der Waals surface area contributed by atoms with E-state index in [0.29, 0.717) is 11.2 Å². The summed E-state index contributed by atoms with van der Waals surface area (Å²) in [6.07, 6.45) is 9.16. The quantitative estimate of drug-likeness (QED) is 0.646. The number of ketones is 1. The van der Waals surface area contributed by atoms with Crippen molar-refractivity contribution < 1.29 is 4.79 Å². The molecule has 4 aliphatic rings. The van der Waals surface area contributed by atoms with E-state index in [-0.39, 0.29) is 0 Å². The monoisotopic (exact) mass is 352 g/mol. The maximum absolute atomic E-state index is 12.7. The van der Waals surface area contributed by atoms with Gasteiger partial charge >= 0.3 is 0 Å². The molecule has 0 aromatic carbocycles. The van der Waals surface area contributed by atoms with Gasteiger partial charge in [0.1, 0.15) is 0 Å². The van der Waals surface area contributed by atoms with Crippen LogP contribution in [0, 0.1) is 30.1 Å². The third-order valence-electron chi connectivity index (χ3n) is 5.89. The molecule has 1 aromatic heterocycles. The Morgan fingerprint density at radius 3 is 2.25 bits per heavy atom. The highest BCUT2D eigenvalue weighted by atomic mass is 79.9. The molecule has 4 bridgehead atoms. The Morgan fingerprint density at radius 2 is 1.80 bits per heavy atom. The third-order valence-corrected chi connectivity index (χ3v) is 7.44. The van der Waals surface area contributed by atoms with Gasteiger partial charge in [0.2, 0.25) is 0 Å². The minimum Gasteiger partial charge on any atom is -0.294 e. The van der Waals surface area contributed by atoms with Crippen molar-refractivity contribution in [1.82, 2.24) is 0 Å². The Kier molecular flexibility index (Phi) is 3.16. The van der Waals surface area contributed by atoms with Crippen LogP contribution in [0.5, 0.6) is 0 Å². The van der Waals surface area contributed by atoms with E-state index >= 15 is 0 Å². The smallest absolute Gasteiger partial charge is 0.164 e. The molecule has 0 unspecified atom stereocenters. The summed E-state index contributed by atoms with van der Waals surface area (Å²) in [5.74, 6) is 3.20. The van der Waals surface area contributed by atoms with Crippen LogP contribution in [0.1, 0.15) is 60.2 Å². The fraction of sp³-hybridized carbons (Fsp3) is 0.706. The SMILES string of the molecule is Cc1sc(Br)cc1C(=O)CC12CC3CC(CC(C3)C1)C2. The van der Waals surface area contributed by atoms with E-state index in [1.54, 1.807) is 11.3 Å². The second-order valence-electron chi connectivity index (χ2n) is 7.54. The van der Waals surface area contributed by atoms with Gasteiger partial charge in [-0.3, -0.25) is 4.79 Å². The largest absolute Gasteiger partial charge is 0.294 e. The Bertz CT molecular complexity index is 524. The average Bonchev–Trinajstić information content (AvgIpc) is 2.66. The summed E-state index contributed by atoms with van der Waals surface area (Å²) in [6.45, 7) is 2.07. The molecule has 5 rings (SSSR count). The van der Waals surface area contributed by atoms with Crippen molar-refractivity contribution in [3.63, 3.8) is 0 Å². The molecule has 1 nitrogen and oxygen atoms in total. The summed E-state index contributed by atoms with van der Waals surface area (Å²) in [6, 6.07) is 2.03. The lowest BCUT2D eigenvalue weighted by atomic mass is 9.48. The molecule has 108 valence electrons. The predicted molar refractivity (Wildman–Crippen MR) is 86.3 cm³/mol. The number of halogens is 1. The van der Waals surface area contributed by atoms with Crippen molar-refractivity contribution in [3.8, 4) is 0 Å². The van der Waals surface area contributed by atoms with Gasteiger partial charge in [-0.25, -0.2) is 0 Å². The zero-order valence-corrected chi connectivity index (χ0v) is 14.4. The Labute approximate surface area is 133 Å². The van der Waals surface area contributed by atoms with Crippen molar-refractivity contribution in [1.29, 1.82) is 0 Å². The third kappa shape index (κ3) is 2.21. The summed E-state index contributed by atoms with van der Waals surface area (Å²) in [5.41, 5.74) is 1.34. The molecular formula is C17H21BrOS. The number of thiophene rings is 1. The number of carbonyl (C=O) groups excluding carboxylic acids is 1. The van der Waals surface area contributed by atoms with Crippen LogP contribution in [0.4, 0.5) is 0 Å². The summed E-state index contributed by atoms with van der Waals surface area (Å²) in [7, 11) is 0.